The zero-order valence-electron chi connectivity index (χ0n) is 7.90. The summed E-state index contributed by atoms with van der Waals surface area (Å²) in [5.41, 5.74) is 0. The molecule has 0 heterocycles. The summed E-state index contributed by atoms with van der Waals surface area (Å²) in [7, 11) is 1.27. The van der Waals surface area contributed by atoms with Crippen LogP contribution in [0.5, 0.6) is 0 Å². The quantitative estimate of drug-likeness (QED) is 0.319. The summed E-state index contributed by atoms with van der Waals surface area (Å²) in [5.74, 6) is -0.155. The molecule has 0 fully saturated rings. The first-order valence-corrected chi connectivity index (χ1v) is 5.60. The molecular formula is C7H11ClN2O3S. The Kier molecular flexibility index (Phi) is 7.23. The average molecular weight is 239 g/mol. The molecule has 0 aliphatic heterocycles. The number of hydrogen-bond donors (Lipinski definition) is 0. The lowest BCUT2D eigenvalue weighted by molar-refractivity contribution is -0.125. The molecule has 0 rings (SSSR count). The number of oxime groups is 1. The van der Waals surface area contributed by atoms with Gasteiger partial charge in [0.2, 0.25) is 5.91 Å². The van der Waals surface area contributed by atoms with E-state index in [2.05, 4.69) is 9.99 Å². The van der Waals surface area contributed by atoms with Crippen LogP contribution >= 0.6 is 23.4 Å². The molecule has 0 saturated heterocycles. The largest absolute Gasteiger partial charge is 0.442 e. The molecule has 14 heavy (non-hydrogen) atoms. The molecule has 0 bridgehead atoms. The zero-order chi connectivity index (χ0) is 11.0. The van der Waals surface area contributed by atoms with Crippen molar-refractivity contribution in [1.29, 1.82) is 0 Å². The molecule has 7 heteroatoms. The van der Waals surface area contributed by atoms with E-state index in [9.17, 15) is 9.59 Å². The van der Waals surface area contributed by atoms with E-state index >= 15 is 0 Å². The number of carbonyl (C=O) groups is 2. The summed E-state index contributed by atoms with van der Waals surface area (Å²) in [6, 6.07) is 0. The van der Waals surface area contributed by atoms with Gasteiger partial charge in [-0.15, -0.1) is 11.6 Å². The Balaban J connectivity index is 3.90. The Morgan fingerprint density at radius 1 is 1.64 bits per heavy atom. The maximum atomic E-state index is 11.0. The molecule has 0 aromatic carbocycles. The molecular weight excluding hydrogens is 228 g/mol. The first kappa shape index (κ1) is 13.2. The molecule has 0 aromatic heterocycles. The van der Waals surface area contributed by atoms with E-state index in [-0.39, 0.29) is 5.88 Å². The van der Waals surface area contributed by atoms with E-state index in [1.165, 1.54) is 25.0 Å². The van der Waals surface area contributed by atoms with Crippen molar-refractivity contribution >= 4 is 41.6 Å². The van der Waals surface area contributed by atoms with Crippen LogP contribution in [0.2, 0.25) is 0 Å². The van der Waals surface area contributed by atoms with Crippen LogP contribution in [0.25, 0.3) is 0 Å². The number of halogens is 1. The third-order valence-electron chi connectivity index (χ3n) is 1.21. The lowest BCUT2D eigenvalue weighted by Crippen LogP contribution is -2.33. The number of nitrogens with zero attached hydrogens (tertiary/aromatic N) is 2. The highest BCUT2D eigenvalue weighted by molar-refractivity contribution is 7.99. The molecule has 0 unspecified atom stereocenters. The van der Waals surface area contributed by atoms with Gasteiger partial charge in [-0.2, -0.15) is 11.8 Å². The summed E-state index contributed by atoms with van der Waals surface area (Å²) in [6.07, 6.45) is 2.48. The maximum absolute atomic E-state index is 11.0. The molecule has 2 amide bonds. The van der Waals surface area contributed by atoms with Gasteiger partial charge in [0.1, 0.15) is 5.88 Å². The van der Waals surface area contributed by atoms with Gasteiger partial charge in [-0.05, 0) is 6.26 Å². The van der Waals surface area contributed by atoms with Crippen molar-refractivity contribution in [1.82, 2.24) is 4.90 Å². The van der Waals surface area contributed by atoms with E-state index in [0.717, 1.165) is 4.90 Å². The van der Waals surface area contributed by atoms with E-state index in [1.54, 1.807) is 0 Å². The van der Waals surface area contributed by atoms with Gasteiger partial charge in [-0.25, -0.2) is 9.69 Å². The minimum absolute atomic E-state index is 0.264. The van der Waals surface area contributed by atoms with Crippen molar-refractivity contribution in [3.63, 3.8) is 0 Å². The lowest BCUT2D eigenvalue weighted by atomic mass is 10.6. The fraction of sp³-hybridized carbons (Fsp3) is 0.571. The molecule has 0 aromatic rings. The normalized spacial score (nSPS) is 10.2. The molecule has 0 N–H and O–H groups in total. The first-order chi connectivity index (χ1) is 6.63. The van der Waals surface area contributed by atoms with Crippen molar-refractivity contribution < 1.29 is 14.4 Å². The molecule has 0 atom stereocenters. The van der Waals surface area contributed by atoms with Crippen LogP contribution in [0.15, 0.2) is 5.16 Å². The van der Waals surface area contributed by atoms with Crippen LogP contribution < -0.4 is 0 Å². The Morgan fingerprint density at radius 3 is 2.79 bits per heavy atom. The number of amides is 2. The van der Waals surface area contributed by atoms with Crippen molar-refractivity contribution in [3.05, 3.63) is 0 Å². The van der Waals surface area contributed by atoms with Gasteiger partial charge >= 0.3 is 6.09 Å². The smallest absolute Gasteiger partial charge is 0.298 e. The minimum Gasteiger partial charge on any atom is -0.298 e. The fourth-order valence-corrected chi connectivity index (χ4v) is 0.829. The molecule has 0 aliphatic carbocycles. The number of imide groups is 1. The van der Waals surface area contributed by atoms with E-state index in [0.29, 0.717) is 5.75 Å². The van der Waals surface area contributed by atoms with Gasteiger partial charge in [0.25, 0.3) is 0 Å². The summed E-state index contributed by atoms with van der Waals surface area (Å²) < 4.78 is 0. The highest BCUT2D eigenvalue weighted by atomic mass is 35.5. The lowest BCUT2D eigenvalue weighted by Gasteiger charge is -2.09. The van der Waals surface area contributed by atoms with Gasteiger partial charge < -0.3 is 0 Å². The number of hydrogen-bond acceptors (Lipinski definition) is 5. The van der Waals surface area contributed by atoms with E-state index in [4.69, 9.17) is 11.6 Å². The maximum Gasteiger partial charge on any atom is 0.442 e. The van der Waals surface area contributed by atoms with Crippen LogP contribution in [-0.4, -0.2) is 48.1 Å². The van der Waals surface area contributed by atoms with Gasteiger partial charge in [-0.1, -0.05) is 5.16 Å². The third-order valence-corrected chi connectivity index (χ3v) is 1.92. The second kappa shape index (κ2) is 7.64. The predicted molar refractivity (Wildman–Crippen MR) is 56.8 cm³/mol. The Labute approximate surface area is 91.4 Å². The van der Waals surface area contributed by atoms with Crippen LogP contribution in [0.4, 0.5) is 4.79 Å². The van der Waals surface area contributed by atoms with Crippen LogP contribution in [0.3, 0.4) is 0 Å². The van der Waals surface area contributed by atoms with E-state index in [1.807, 2.05) is 6.26 Å². The molecule has 0 saturated carbocycles. The third kappa shape index (κ3) is 5.08. The number of carbonyl (C=O) groups excluding carboxylic acids is 2. The van der Waals surface area contributed by atoms with Gasteiger partial charge in [0, 0.05) is 12.8 Å². The molecule has 0 spiro atoms. The SMILES string of the molecule is CSCC=NOC(=O)N(C)C(=O)CCl. The van der Waals surface area contributed by atoms with Crippen molar-refractivity contribution in [2.75, 3.05) is 24.9 Å². The first-order valence-electron chi connectivity index (χ1n) is 3.67. The second-order valence-electron chi connectivity index (χ2n) is 2.19. The highest BCUT2D eigenvalue weighted by Gasteiger charge is 2.16. The molecule has 5 nitrogen and oxygen atoms in total. The molecule has 0 aliphatic rings. The summed E-state index contributed by atoms with van der Waals surface area (Å²) in [4.78, 5) is 27.0. The standard InChI is InChI=1S/C7H11ClN2O3S/c1-10(6(11)5-8)7(12)13-9-3-4-14-2/h3H,4-5H2,1-2H3. The Hall–Kier alpha value is -0.750. The fourth-order valence-electron chi connectivity index (χ4n) is 0.440. The van der Waals surface area contributed by atoms with Crippen LogP contribution in [0.1, 0.15) is 0 Å². The van der Waals surface area contributed by atoms with Crippen molar-refractivity contribution in [2.24, 2.45) is 5.16 Å². The summed E-state index contributed by atoms with van der Waals surface area (Å²) in [5, 5.41) is 3.37. The molecule has 0 radical (unpaired) electrons. The van der Waals surface area contributed by atoms with E-state index < -0.39 is 12.0 Å². The predicted octanol–water partition coefficient (Wildman–Crippen LogP) is 1.17. The highest BCUT2D eigenvalue weighted by Crippen LogP contribution is 1.94. The number of alkyl halides is 1. The van der Waals surface area contributed by atoms with Crippen molar-refractivity contribution in [3.8, 4) is 0 Å². The monoisotopic (exact) mass is 238 g/mol. The van der Waals surface area contributed by atoms with Gasteiger partial charge in [0.15, 0.2) is 0 Å². The summed E-state index contributed by atoms with van der Waals surface area (Å²) >= 11 is 6.76. The van der Waals surface area contributed by atoms with Crippen LogP contribution in [-0.2, 0) is 9.63 Å². The number of rotatable bonds is 4. The zero-order valence-corrected chi connectivity index (χ0v) is 9.47. The second-order valence-corrected chi connectivity index (χ2v) is 3.36. The number of thioether (sulfide) groups is 1. The van der Waals surface area contributed by atoms with Crippen molar-refractivity contribution in [2.45, 2.75) is 0 Å². The van der Waals surface area contributed by atoms with Gasteiger partial charge in [-0.3, -0.25) is 9.63 Å². The Morgan fingerprint density at radius 2 is 2.29 bits per heavy atom. The average Bonchev–Trinajstić information content (AvgIpc) is 2.21. The Bertz CT molecular complexity index is 235. The minimum atomic E-state index is -0.840. The summed E-state index contributed by atoms with van der Waals surface area (Å²) in [6.45, 7) is 0. The van der Waals surface area contributed by atoms with Gasteiger partial charge in [0.05, 0.1) is 6.21 Å². The van der Waals surface area contributed by atoms with Crippen LogP contribution in [0, 0.1) is 0 Å². The topological polar surface area (TPSA) is 59.0 Å². The molecule has 80 valence electrons.